The van der Waals surface area contributed by atoms with E-state index in [0.29, 0.717) is 0 Å². The molecule has 1 aliphatic rings. The van der Waals surface area contributed by atoms with Gasteiger partial charge in [-0.05, 0) is 30.5 Å². The number of hydrogen-bond acceptors (Lipinski definition) is 4. The Morgan fingerprint density at radius 1 is 1.26 bits per heavy atom. The molecular formula is C15H21N3S. The van der Waals surface area contributed by atoms with E-state index in [1.807, 2.05) is 18.2 Å². The molecule has 102 valence electrons. The van der Waals surface area contributed by atoms with Gasteiger partial charge in [0.2, 0.25) is 0 Å². The Labute approximate surface area is 118 Å². The van der Waals surface area contributed by atoms with Gasteiger partial charge in [-0.15, -0.1) is 0 Å². The molecule has 3 nitrogen and oxygen atoms in total. The third-order valence-corrected chi connectivity index (χ3v) is 4.94. The molecule has 1 aromatic heterocycles. The highest BCUT2D eigenvalue weighted by atomic mass is 32.1. The number of thiazole rings is 1. The van der Waals surface area contributed by atoms with Gasteiger partial charge >= 0.3 is 0 Å². The molecule has 1 aromatic carbocycles. The Kier molecular flexibility index (Phi) is 3.87. The van der Waals surface area contributed by atoms with Gasteiger partial charge in [-0.2, -0.15) is 0 Å². The lowest BCUT2D eigenvalue weighted by Gasteiger charge is -2.21. The smallest absolute Gasteiger partial charge is 0.183 e. The molecule has 0 saturated heterocycles. The van der Waals surface area contributed by atoms with Gasteiger partial charge in [0.15, 0.2) is 5.13 Å². The molecule has 3 N–H and O–H groups in total. The summed E-state index contributed by atoms with van der Waals surface area (Å²) >= 11 is 1.70. The van der Waals surface area contributed by atoms with Crippen LogP contribution in [0, 0.1) is 5.92 Å². The van der Waals surface area contributed by atoms with Gasteiger partial charge in [0.25, 0.3) is 0 Å². The minimum atomic E-state index is 0.810. The predicted molar refractivity (Wildman–Crippen MR) is 83.7 cm³/mol. The molecule has 0 radical (unpaired) electrons. The first kappa shape index (κ1) is 12.7. The number of rotatable bonds is 4. The largest absolute Gasteiger partial charge is 0.399 e. The Morgan fingerprint density at radius 2 is 2.11 bits per heavy atom. The number of hydrogen-bond donors (Lipinski definition) is 2. The molecule has 1 aliphatic carbocycles. The van der Waals surface area contributed by atoms with Crippen molar-refractivity contribution in [2.75, 3.05) is 17.6 Å². The van der Waals surface area contributed by atoms with E-state index in [2.05, 4.69) is 10.3 Å². The Hall–Kier alpha value is -1.29. The average Bonchev–Trinajstić information content (AvgIpc) is 2.82. The van der Waals surface area contributed by atoms with Gasteiger partial charge in [-0.3, -0.25) is 0 Å². The van der Waals surface area contributed by atoms with Crippen molar-refractivity contribution in [2.45, 2.75) is 38.5 Å². The quantitative estimate of drug-likeness (QED) is 0.820. The Morgan fingerprint density at radius 3 is 2.95 bits per heavy atom. The second-order valence-corrected chi connectivity index (χ2v) is 6.50. The highest BCUT2D eigenvalue weighted by Crippen LogP contribution is 2.29. The maximum Gasteiger partial charge on any atom is 0.183 e. The molecule has 0 unspecified atom stereocenters. The normalized spacial score (nSPS) is 16.8. The van der Waals surface area contributed by atoms with Crippen molar-refractivity contribution >= 4 is 32.4 Å². The maximum atomic E-state index is 5.79. The molecule has 19 heavy (non-hydrogen) atoms. The number of nitrogen functional groups attached to an aromatic ring is 1. The van der Waals surface area contributed by atoms with Crippen LogP contribution in [0.15, 0.2) is 18.2 Å². The number of nitrogens with one attached hydrogen (secondary N) is 1. The zero-order valence-electron chi connectivity index (χ0n) is 11.2. The summed E-state index contributed by atoms with van der Waals surface area (Å²) in [6.07, 6.45) is 8.38. The third kappa shape index (κ3) is 3.18. The van der Waals surface area contributed by atoms with E-state index in [9.17, 15) is 0 Å². The molecule has 0 amide bonds. The second-order valence-electron chi connectivity index (χ2n) is 5.47. The molecule has 1 heterocycles. The highest BCUT2D eigenvalue weighted by Gasteiger charge is 2.13. The van der Waals surface area contributed by atoms with Gasteiger partial charge < -0.3 is 11.1 Å². The van der Waals surface area contributed by atoms with Gasteiger partial charge in [0.1, 0.15) is 0 Å². The summed E-state index contributed by atoms with van der Waals surface area (Å²) in [5.74, 6) is 0.922. The lowest BCUT2D eigenvalue weighted by Crippen LogP contribution is -2.11. The minimum absolute atomic E-state index is 0.810. The average molecular weight is 275 g/mol. The first-order valence-electron chi connectivity index (χ1n) is 7.21. The van der Waals surface area contributed by atoms with Crippen molar-refractivity contribution in [1.29, 1.82) is 0 Å². The summed E-state index contributed by atoms with van der Waals surface area (Å²) in [5, 5.41) is 4.49. The fourth-order valence-electron chi connectivity index (χ4n) is 2.88. The van der Waals surface area contributed by atoms with Gasteiger partial charge in [-0.25, -0.2) is 4.98 Å². The number of aromatic nitrogens is 1. The molecule has 0 bridgehead atoms. The van der Waals surface area contributed by atoms with E-state index >= 15 is 0 Å². The number of nitrogens with zero attached hydrogens (tertiary/aromatic N) is 1. The van der Waals surface area contributed by atoms with Crippen LogP contribution >= 0.6 is 11.3 Å². The fourth-order valence-corrected chi connectivity index (χ4v) is 3.82. The number of anilines is 2. The molecule has 0 aliphatic heterocycles. The van der Waals surface area contributed by atoms with E-state index in [0.717, 1.165) is 28.8 Å². The first-order valence-corrected chi connectivity index (χ1v) is 8.03. The van der Waals surface area contributed by atoms with E-state index < -0.39 is 0 Å². The van der Waals surface area contributed by atoms with Crippen molar-refractivity contribution in [2.24, 2.45) is 5.92 Å². The number of benzene rings is 1. The lowest BCUT2D eigenvalue weighted by molar-refractivity contribution is 0.345. The summed E-state index contributed by atoms with van der Waals surface area (Å²) in [6.45, 7) is 1.04. The van der Waals surface area contributed by atoms with Crippen LogP contribution in [0.2, 0.25) is 0 Å². The molecule has 0 spiro atoms. The monoisotopic (exact) mass is 275 g/mol. The fraction of sp³-hybridized carbons (Fsp3) is 0.533. The van der Waals surface area contributed by atoms with Crippen LogP contribution < -0.4 is 11.1 Å². The molecule has 2 aromatic rings. The molecule has 3 rings (SSSR count). The highest BCUT2D eigenvalue weighted by molar-refractivity contribution is 7.22. The van der Waals surface area contributed by atoms with Crippen LogP contribution in [0.25, 0.3) is 10.2 Å². The molecule has 4 heteroatoms. The van der Waals surface area contributed by atoms with Crippen LogP contribution in [-0.4, -0.2) is 11.5 Å². The van der Waals surface area contributed by atoms with E-state index in [4.69, 9.17) is 5.73 Å². The van der Waals surface area contributed by atoms with Crippen LogP contribution in [0.3, 0.4) is 0 Å². The Balaban J connectivity index is 1.56. The van der Waals surface area contributed by atoms with E-state index in [1.165, 1.54) is 43.2 Å². The zero-order chi connectivity index (χ0) is 13.1. The predicted octanol–water partition coefficient (Wildman–Crippen LogP) is 4.26. The standard InChI is InChI=1S/C15H21N3S/c16-12-6-7-13-14(10-12)19-15(18-13)17-9-8-11-4-2-1-3-5-11/h6-7,10-11H,1-5,8-9,16H2,(H,17,18). The summed E-state index contributed by atoms with van der Waals surface area (Å²) in [4.78, 5) is 4.59. The summed E-state index contributed by atoms with van der Waals surface area (Å²) in [7, 11) is 0. The SMILES string of the molecule is Nc1ccc2nc(NCCC3CCCCC3)sc2c1. The second kappa shape index (κ2) is 5.78. The Bertz CT molecular complexity index is 543. The van der Waals surface area contributed by atoms with Crippen LogP contribution in [-0.2, 0) is 0 Å². The van der Waals surface area contributed by atoms with Gasteiger partial charge in [-0.1, -0.05) is 43.4 Å². The molecule has 1 fully saturated rings. The van der Waals surface area contributed by atoms with E-state index in [1.54, 1.807) is 11.3 Å². The molecular weight excluding hydrogens is 254 g/mol. The molecule has 0 atom stereocenters. The zero-order valence-corrected chi connectivity index (χ0v) is 12.0. The number of fused-ring (bicyclic) bond motifs is 1. The maximum absolute atomic E-state index is 5.79. The van der Waals surface area contributed by atoms with Crippen molar-refractivity contribution in [3.05, 3.63) is 18.2 Å². The van der Waals surface area contributed by atoms with Gasteiger partial charge in [0.05, 0.1) is 10.2 Å². The van der Waals surface area contributed by atoms with Crippen molar-refractivity contribution in [3.8, 4) is 0 Å². The van der Waals surface area contributed by atoms with Crippen LogP contribution in [0.5, 0.6) is 0 Å². The summed E-state index contributed by atoms with van der Waals surface area (Å²) < 4.78 is 1.17. The topological polar surface area (TPSA) is 50.9 Å². The number of nitrogens with two attached hydrogens (primary N) is 1. The summed E-state index contributed by atoms with van der Waals surface area (Å²) in [6, 6.07) is 5.90. The van der Waals surface area contributed by atoms with E-state index in [-0.39, 0.29) is 0 Å². The minimum Gasteiger partial charge on any atom is -0.399 e. The lowest BCUT2D eigenvalue weighted by atomic mass is 9.87. The summed E-state index contributed by atoms with van der Waals surface area (Å²) in [5.41, 5.74) is 7.64. The van der Waals surface area contributed by atoms with Crippen LogP contribution in [0.1, 0.15) is 38.5 Å². The first-order chi connectivity index (χ1) is 9.31. The third-order valence-electron chi connectivity index (χ3n) is 3.97. The van der Waals surface area contributed by atoms with Crippen molar-refractivity contribution in [1.82, 2.24) is 4.98 Å². The molecule has 1 saturated carbocycles. The van der Waals surface area contributed by atoms with Crippen LogP contribution in [0.4, 0.5) is 10.8 Å². The van der Waals surface area contributed by atoms with Crippen molar-refractivity contribution < 1.29 is 0 Å². The van der Waals surface area contributed by atoms with Gasteiger partial charge in [0, 0.05) is 12.2 Å². The van der Waals surface area contributed by atoms with Crippen molar-refractivity contribution in [3.63, 3.8) is 0 Å².